The van der Waals surface area contributed by atoms with E-state index >= 15 is 0 Å². The molecule has 1 aliphatic rings. The second-order valence-electron chi connectivity index (χ2n) is 4.73. The molecule has 1 saturated carbocycles. The van der Waals surface area contributed by atoms with Gasteiger partial charge < -0.3 is 16.2 Å². The van der Waals surface area contributed by atoms with Crippen LogP contribution in [0.25, 0.3) is 0 Å². The molecule has 0 heterocycles. The van der Waals surface area contributed by atoms with E-state index in [2.05, 4.69) is 5.32 Å². The third-order valence-electron chi connectivity index (χ3n) is 3.24. The van der Waals surface area contributed by atoms with Crippen LogP contribution >= 0.6 is 0 Å². The second-order valence-corrected chi connectivity index (χ2v) is 4.73. The van der Waals surface area contributed by atoms with Crippen molar-refractivity contribution < 1.29 is 9.90 Å². The van der Waals surface area contributed by atoms with Gasteiger partial charge in [0.25, 0.3) is 0 Å². The number of benzene rings is 1. The smallest absolute Gasteiger partial charge is 0.161 e. The maximum absolute atomic E-state index is 11.2. The number of nitrogens with one attached hydrogen (secondary N) is 1. The summed E-state index contributed by atoms with van der Waals surface area (Å²) in [5, 5.41) is 12.4. The molecule has 1 aliphatic carbocycles. The monoisotopic (exact) mass is 234 g/mol. The number of nitrogen functional groups attached to an aromatic ring is 1. The first-order chi connectivity index (χ1) is 8.06. The van der Waals surface area contributed by atoms with Crippen molar-refractivity contribution in [2.45, 2.75) is 25.9 Å². The van der Waals surface area contributed by atoms with E-state index in [1.54, 1.807) is 12.1 Å². The Morgan fingerprint density at radius 1 is 1.53 bits per heavy atom. The number of hydrogen-bond donors (Lipinski definition) is 3. The first-order valence-electron chi connectivity index (χ1n) is 5.88. The van der Waals surface area contributed by atoms with E-state index in [0.717, 1.165) is 25.1 Å². The van der Waals surface area contributed by atoms with E-state index in [9.17, 15) is 9.90 Å². The molecule has 4 nitrogen and oxygen atoms in total. The van der Waals surface area contributed by atoms with Crippen LogP contribution in [0.15, 0.2) is 18.2 Å². The number of carbonyl (C=O) groups is 1. The predicted octanol–water partition coefficient (Wildman–Crippen LogP) is 1.65. The molecular weight excluding hydrogens is 216 g/mol. The molecule has 4 N–H and O–H groups in total. The van der Waals surface area contributed by atoms with Crippen LogP contribution in [0.1, 0.15) is 30.1 Å². The lowest BCUT2D eigenvalue weighted by Gasteiger charge is -2.31. The molecular formula is C13H18N2O2. The number of ketones is 1. The molecule has 0 unspecified atom stereocenters. The third kappa shape index (κ3) is 2.77. The number of aliphatic hydroxyl groups excluding tert-OH is 1. The van der Waals surface area contributed by atoms with Gasteiger partial charge in [0.1, 0.15) is 0 Å². The molecule has 1 aromatic rings. The SMILES string of the molecule is CC(=O)c1ccc(NCC2CC(O)C2)cc1N. The Bertz CT molecular complexity index is 425. The first kappa shape index (κ1) is 11.9. The molecule has 0 bridgehead atoms. The summed E-state index contributed by atoms with van der Waals surface area (Å²) in [5.41, 5.74) is 7.80. The number of nitrogens with two attached hydrogens (primary N) is 1. The van der Waals surface area contributed by atoms with Crippen molar-refractivity contribution in [1.29, 1.82) is 0 Å². The maximum atomic E-state index is 11.2. The van der Waals surface area contributed by atoms with Crippen molar-refractivity contribution in [3.63, 3.8) is 0 Å². The number of hydrogen-bond acceptors (Lipinski definition) is 4. The standard InChI is InChI=1S/C13H18N2O2/c1-8(16)12-3-2-10(6-13(12)14)15-7-9-4-11(17)5-9/h2-3,6,9,11,15,17H,4-5,7,14H2,1H3. The molecule has 92 valence electrons. The minimum absolute atomic E-state index is 0.0174. The van der Waals surface area contributed by atoms with Crippen LogP contribution in [-0.4, -0.2) is 23.5 Å². The van der Waals surface area contributed by atoms with Gasteiger partial charge in [0.05, 0.1) is 6.10 Å². The molecule has 0 saturated heterocycles. The largest absolute Gasteiger partial charge is 0.398 e. The van der Waals surface area contributed by atoms with Gasteiger partial charge in [-0.2, -0.15) is 0 Å². The molecule has 0 spiro atoms. The molecule has 0 atom stereocenters. The molecule has 0 radical (unpaired) electrons. The molecule has 1 fully saturated rings. The Balaban J connectivity index is 1.93. The molecule has 0 amide bonds. The highest BCUT2D eigenvalue weighted by atomic mass is 16.3. The normalized spacial score (nSPS) is 22.9. The Labute approximate surface area is 101 Å². The lowest BCUT2D eigenvalue weighted by atomic mass is 9.82. The fraction of sp³-hybridized carbons (Fsp3) is 0.462. The van der Waals surface area contributed by atoms with Crippen LogP contribution in [0, 0.1) is 5.92 Å². The fourth-order valence-corrected chi connectivity index (χ4v) is 2.12. The Kier molecular flexibility index (Phi) is 3.33. The summed E-state index contributed by atoms with van der Waals surface area (Å²) in [5.74, 6) is 0.523. The first-order valence-corrected chi connectivity index (χ1v) is 5.88. The Morgan fingerprint density at radius 2 is 2.24 bits per heavy atom. The van der Waals surface area contributed by atoms with E-state index in [-0.39, 0.29) is 11.9 Å². The van der Waals surface area contributed by atoms with Gasteiger partial charge in [-0.3, -0.25) is 4.79 Å². The zero-order valence-corrected chi connectivity index (χ0v) is 9.94. The summed E-state index contributed by atoms with van der Waals surface area (Å²) in [4.78, 5) is 11.2. The average Bonchev–Trinajstić information content (AvgIpc) is 2.22. The molecule has 0 aliphatic heterocycles. The minimum Gasteiger partial charge on any atom is -0.398 e. The van der Waals surface area contributed by atoms with Gasteiger partial charge >= 0.3 is 0 Å². The van der Waals surface area contributed by atoms with E-state index in [1.807, 2.05) is 6.07 Å². The number of anilines is 2. The quantitative estimate of drug-likeness (QED) is 0.547. The predicted molar refractivity (Wildman–Crippen MR) is 68.1 cm³/mol. The van der Waals surface area contributed by atoms with Gasteiger partial charge in [0, 0.05) is 23.5 Å². The van der Waals surface area contributed by atoms with Gasteiger partial charge in [-0.1, -0.05) is 0 Å². The van der Waals surface area contributed by atoms with E-state index in [0.29, 0.717) is 17.2 Å². The van der Waals surface area contributed by atoms with Crippen LogP contribution in [0.4, 0.5) is 11.4 Å². The minimum atomic E-state index is -0.119. The number of aliphatic hydroxyl groups is 1. The van der Waals surface area contributed by atoms with Crippen LogP contribution < -0.4 is 11.1 Å². The van der Waals surface area contributed by atoms with Crippen molar-refractivity contribution in [2.24, 2.45) is 5.92 Å². The lowest BCUT2D eigenvalue weighted by Crippen LogP contribution is -2.33. The van der Waals surface area contributed by atoms with Crippen molar-refractivity contribution in [3.05, 3.63) is 23.8 Å². The molecule has 0 aromatic heterocycles. The summed E-state index contributed by atoms with van der Waals surface area (Å²) in [6.07, 6.45) is 1.62. The highest BCUT2D eigenvalue weighted by Crippen LogP contribution is 2.27. The van der Waals surface area contributed by atoms with Crippen molar-refractivity contribution >= 4 is 17.2 Å². The van der Waals surface area contributed by atoms with E-state index in [1.165, 1.54) is 6.92 Å². The number of Topliss-reactive ketones (excluding diaryl/α,β-unsaturated/α-hetero) is 1. The van der Waals surface area contributed by atoms with Gasteiger partial charge in [-0.25, -0.2) is 0 Å². The maximum Gasteiger partial charge on any atom is 0.161 e. The summed E-state index contributed by atoms with van der Waals surface area (Å²) in [7, 11) is 0. The Hall–Kier alpha value is -1.55. The van der Waals surface area contributed by atoms with E-state index in [4.69, 9.17) is 5.73 Å². The fourth-order valence-electron chi connectivity index (χ4n) is 2.12. The highest BCUT2D eigenvalue weighted by Gasteiger charge is 2.26. The second kappa shape index (κ2) is 4.75. The average molecular weight is 234 g/mol. The van der Waals surface area contributed by atoms with Crippen LogP contribution in [0.5, 0.6) is 0 Å². The van der Waals surface area contributed by atoms with Crippen molar-refractivity contribution in [2.75, 3.05) is 17.6 Å². The molecule has 17 heavy (non-hydrogen) atoms. The summed E-state index contributed by atoms with van der Waals surface area (Å²) >= 11 is 0. The zero-order valence-electron chi connectivity index (χ0n) is 9.94. The van der Waals surface area contributed by atoms with Crippen LogP contribution in [-0.2, 0) is 0 Å². The lowest BCUT2D eigenvalue weighted by molar-refractivity contribution is 0.0487. The molecule has 1 aromatic carbocycles. The summed E-state index contributed by atoms with van der Waals surface area (Å²) in [6.45, 7) is 2.35. The molecule has 2 rings (SSSR count). The van der Waals surface area contributed by atoms with Gasteiger partial charge in [-0.05, 0) is 43.9 Å². The summed E-state index contributed by atoms with van der Waals surface area (Å²) < 4.78 is 0. The van der Waals surface area contributed by atoms with Crippen molar-refractivity contribution in [3.8, 4) is 0 Å². The van der Waals surface area contributed by atoms with Gasteiger partial charge in [0.2, 0.25) is 0 Å². The number of carbonyl (C=O) groups excluding carboxylic acids is 1. The summed E-state index contributed by atoms with van der Waals surface area (Å²) in [6, 6.07) is 5.39. The third-order valence-corrected chi connectivity index (χ3v) is 3.24. The topological polar surface area (TPSA) is 75.3 Å². The van der Waals surface area contributed by atoms with Gasteiger partial charge in [0.15, 0.2) is 5.78 Å². The van der Waals surface area contributed by atoms with Crippen LogP contribution in [0.2, 0.25) is 0 Å². The van der Waals surface area contributed by atoms with Gasteiger partial charge in [-0.15, -0.1) is 0 Å². The molecule has 4 heteroatoms. The van der Waals surface area contributed by atoms with E-state index < -0.39 is 0 Å². The zero-order chi connectivity index (χ0) is 12.4. The van der Waals surface area contributed by atoms with Crippen LogP contribution in [0.3, 0.4) is 0 Å². The number of rotatable bonds is 4. The van der Waals surface area contributed by atoms with Crippen molar-refractivity contribution in [1.82, 2.24) is 0 Å². The Morgan fingerprint density at radius 3 is 2.76 bits per heavy atom. The highest BCUT2D eigenvalue weighted by molar-refractivity contribution is 5.99.